The molecule has 2 N–H and O–H groups in total. The molecular formula is C18H22F3N3O4S. The minimum atomic E-state index is -5.03. The summed E-state index contributed by atoms with van der Waals surface area (Å²) < 4.78 is 69.9. The minimum absolute atomic E-state index is 0.0457. The van der Waals surface area contributed by atoms with Crippen LogP contribution in [0.3, 0.4) is 0 Å². The van der Waals surface area contributed by atoms with Gasteiger partial charge in [0.25, 0.3) is 0 Å². The second kappa shape index (κ2) is 9.42. The predicted molar refractivity (Wildman–Crippen MR) is 101 cm³/mol. The molecule has 160 valence electrons. The quantitative estimate of drug-likeness (QED) is 0.634. The Balaban J connectivity index is 2.11. The highest BCUT2D eigenvalue weighted by Crippen LogP contribution is 2.22. The molecule has 29 heavy (non-hydrogen) atoms. The topological polar surface area (TPSA) is 91.7 Å². The number of alkyl halides is 3. The van der Waals surface area contributed by atoms with Gasteiger partial charge in [-0.15, -0.1) is 0 Å². The highest BCUT2D eigenvalue weighted by atomic mass is 32.2. The normalized spacial score (nSPS) is 13.4. The Bertz CT molecular complexity index is 893. The lowest BCUT2D eigenvalue weighted by molar-refractivity contribution is -0.167. The Morgan fingerprint density at radius 2 is 1.76 bits per heavy atom. The zero-order chi connectivity index (χ0) is 21.7. The van der Waals surface area contributed by atoms with Crippen LogP contribution >= 0.6 is 0 Å². The summed E-state index contributed by atoms with van der Waals surface area (Å²) in [4.78, 5) is 12.8. The number of sulfonamides is 1. The van der Waals surface area contributed by atoms with Gasteiger partial charge in [0.05, 0.1) is 17.2 Å². The standard InChI is InChI=1S/C18H22F3N3O4S/c1-3-24(4-2)15(16-6-5-11-28-16)12-22-29(26,27)14-9-7-13(8-10-14)23-17(25)18(19,20)21/h5-11,15,22H,3-4,12H2,1-2H3,(H,23,25). The first kappa shape index (κ1) is 22.9. The van der Waals surface area contributed by atoms with Crippen molar-refractivity contribution in [2.24, 2.45) is 0 Å². The van der Waals surface area contributed by atoms with Crippen molar-refractivity contribution in [3.8, 4) is 0 Å². The summed E-state index contributed by atoms with van der Waals surface area (Å²) in [5.74, 6) is -1.52. The highest BCUT2D eigenvalue weighted by Gasteiger charge is 2.38. The van der Waals surface area contributed by atoms with E-state index >= 15 is 0 Å². The lowest BCUT2D eigenvalue weighted by Gasteiger charge is -2.28. The van der Waals surface area contributed by atoms with E-state index in [-0.39, 0.29) is 23.2 Å². The van der Waals surface area contributed by atoms with Gasteiger partial charge in [-0.1, -0.05) is 13.8 Å². The zero-order valence-electron chi connectivity index (χ0n) is 15.9. The van der Waals surface area contributed by atoms with E-state index in [0.717, 1.165) is 24.3 Å². The maximum atomic E-state index is 12.6. The summed E-state index contributed by atoms with van der Waals surface area (Å²) in [5, 5.41) is 1.66. The number of nitrogens with zero attached hydrogens (tertiary/aromatic N) is 1. The van der Waals surface area contributed by atoms with Crippen LogP contribution in [0.15, 0.2) is 52.0 Å². The molecule has 1 aromatic heterocycles. The Morgan fingerprint density at radius 1 is 1.14 bits per heavy atom. The molecule has 11 heteroatoms. The molecule has 7 nitrogen and oxygen atoms in total. The van der Waals surface area contributed by atoms with E-state index in [2.05, 4.69) is 4.72 Å². The van der Waals surface area contributed by atoms with Crippen molar-refractivity contribution in [1.82, 2.24) is 9.62 Å². The van der Waals surface area contributed by atoms with Gasteiger partial charge in [0.1, 0.15) is 5.76 Å². The molecule has 0 aliphatic rings. The fourth-order valence-corrected chi connectivity index (χ4v) is 3.78. The van der Waals surface area contributed by atoms with Crippen LogP contribution in [0, 0.1) is 0 Å². The summed E-state index contributed by atoms with van der Waals surface area (Å²) in [6.45, 7) is 5.29. The number of likely N-dealkylation sites (N-methyl/N-ethyl adjacent to an activating group) is 1. The molecule has 1 aromatic carbocycles. The van der Waals surface area contributed by atoms with E-state index in [9.17, 15) is 26.4 Å². The van der Waals surface area contributed by atoms with E-state index in [4.69, 9.17) is 4.42 Å². The number of carbonyl (C=O) groups is 1. The first-order valence-electron chi connectivity index (χ1n) is 8.83. The van der Waals surface area contributed by atoms with Gasteiger partial charge >= 0.3 is 12.1 Å². The fourth-order valence-electron chi connectivity index (χ4n) is 2.75. The molecule has 0 fully saturated rings. The van der Waals surface area contributed by atoms with Crippen LogP contribution in [-0.2, 0) is 14.8 Å². The van der Waals surface area contributed by atoms with Gasteiger partial charge in [-0.05, 0) is 49.5 Å². The van der Waals surface area contributed by atoms with Gasteiger partial charge < -0.3 is 9.73 Å². The molecule has 2 aromatic rings. The predicted octanol–water partition coefficient (Wildman–Crippen LogP) is 3.14. The van der Waals surface area contributed by atoms with Crippen molar-refractivity contribution in [3.05, 3.63) is 48.4 Å². The van der Waals surface area contributed by atoms with E-state index in [1.807, 2.05) is 18.7 Å². The van der Waals surface area contributed by atoms with Gasteiger partial charge in [-0.2, -0.15) is 13.2 Å². The van der Waals surface area contributed by atoms with Crippen LogP contribution in [0.4, 0.5) is 18.9 Å². The maximum Gasteiger partial charge on any atom is 0.471 e. The number of hydrogen-bond acceptors (Lipinski definition) is 5. The number of halogens is 3. The van der Waals surface area contributed by atoms with Gasteiger partial charge in [-0.3, -0.25) is 9.69 Å². The third kappa shape index (κ3) is 6.05. The lowest BCUT2D eigenvalue weighted by Crippen LogP contribution is -2.37. The molecule has 0 aliphatic carbocycles. The summed E-state index contributed by atoms with van der Waals surface area (Å²) in [6.07, 6.45) is -3.52. The SMILES string of the molecule is CCN(CC)C(CNS(=O)(=O)c1ccc(NC(=O)C(F)(F)F)cc1)c1ccco1. The average Bonchev–Trinajstić information content (AvgIpc) is 3.19. The Kier molecular flexibility index (Phi) is 7.44. The van der Waals surface area contributed by atoms with Gasteiger partial charge in [0.15, 0.2) is 0 Å². The van der Waals surface area contributed by atoms with Crippen molar-refractivity contribution >= 4 is 21.6 Å². The summed E-state index contributed by atoms with van der Waals surface area (Å²) in [7, 11) is -3.92. The molecule has 0 aliphatic heterocycles. The Morgan fingerprint density at radius 3 is 2.24 bits per heavy atom. The number of rotatable bonds is 9. The Hall–Kier alpha value is -2.37. The van der Waals surface area contributed by atoms with E-state index in [1.54, 1.807) is 17.4 Å². The minimum Gasteiger partial charge on any atom is -0.468 e. The van der Waals surface area contributed by atoms with Crippen molar-refractivity contribution in [1.29, 1.82) is 0 Å². The number of nitrogens with one attached hydrogen (secondary N) is 2. The molecular weight excluding hydrogens is 411 g/mol. The first-order chi connectivity index (χ1) is 13.6. The third-order valence-corrected chi connectivity index (χ3v) is 5.71. The van der Waals surface area contributed by atoms with Crippen molar-refractivity contribution in [2.75, 3.05) is 25.0 Å². The highest BCUT2D eigenvalue weighted by molar-refractivity contribution is 7.89. The van der Waals surface area contributed by atoms with Crippen LogP contribution in [-0.4, -0.2) is 45.0 Å². The largest absolute Gasteiger partial charge is 0.471 e. The van der Waals surface area contributed by atoms with Crippen LogP contribution < -0.4 is 10.0 Å². The number of hydrogen-bond donors (Lipinski definition) is 2. The molecule has 0 saturated carbocycles. The smallest absolute Gasteiger partial charge is 0.468 e. The van der Waals surface area contributed by atoms with Crippen LogP contribution in [0.5, 0.6) is 0 Å². The molecule has 2 rings (SSSR count). The number of furan rings is 1. The van der Waals surface area contributed by atoms with E-state index < -0.39 is 22.1 Å². The monoisotopic (exact) mass is 433 g/mol. The average molecular weight is 433 g/mol. The second-order valence-corrected chi connectivity index (χ2v) is 7.85. The number of amides is 1. The van der Waals surface area contributed by atoms with E-state index in [1.165, 1.54) is 6.26 Å². The third-order valence-electron chi connectivity index (χ3n) is 4.27. The van der Waals surface area contributed by atoms with Crippen LogP contribution in [0.2, 0.25) is 0 Å². The Labute approximate surface area is 166 Å². The maximum absolute atomic E-state index is 12.6. The molecule has 0 radical (unpaired) electrons. The van der Waals surface area contributed by atoms with Crippen LogP contribution in [0.25, 0.3) is 0 Å². The van der Waals surface area contributed by atoms with E-state index in [0.29, 0.717) is 18.8 Å². The second-order valence-electron chi connectivity index (χ2n) is 6.08. The first-order valence-corrected chi connectivity index (χ1v) is 10.3. The molecule has 1 amide bonds. The molecule has 1 atom stereocenters. The van der Waals surface area contributed by atoms with Crippen LogP contribution in [0.1, 0.15) is 25.6 Å². The van der Waals surface area contributed by atoms with Crippen molar-refractivity contribution in [2.45, 2.75) is 31.0 Å². The lowest BCUT2D eigenvalue weighted by atomic mass is 10.2. The molecule has 0 saturated heterocycles. The molecule has 0 bridgehead atoms. The summed E-state index contributed by atoms with van der Waals surface area (Å²) in [6, 6.07) is 7.57. The van der Waals surface area contributed by atoms with Gasteiger partial charge in [0.2, 0.25) is 10.0 Å². The summed E-state index contributed by atoms with van der Waals surface area (Å²) >= 11 is 0. The molecule has 1 unspecified atom stereocenters. The molecule has 0 spiro atoms. The van der Waals surface area contributed by atoms with Gasteiger partial charge in [-0.25, -0.2) is 13.1 Å². The van der Waals surface area contributed by atoms with Crippen molar-refractivity contribution in [3.63, 3.8) is 0 Å². The number of anilines is 1. The number of carbonyl (C=O) groups excluding carboxylic acids is 1. The zero-order valence-corrected chi connectivity index (χ0v) is 16.7. The van der Waals surface area contributed by atoms with Crippen molar-refractivity contribution < 1.29 is 30.8 Å². The van der Waals surface area contributed by atoms with Gasteiger partial charge in [0, 0.05) is 12.2 Å². The molecule has 1 heterocycles. The fraction of sp³-hybridized carbons (Fsp3) is 0.389. The summed E-state index contributed by atoms with van der Waals surface area (Å²) in [5.41, 5.74) is -0.164. The number of benzene rings is 1.